The number of pyridine rings is 1. The van der Waals surface area contributed by atoms with E-state index < -0.39 is 0 Å². The molecule has 1 saturated heterocycles. The molecule has 1 N–H and O–H groups in total. The second-order valence-corrected chi connectivity index (χ2v) is 6.54. The maximum Gasteiger partial charge on any atom is 0.255 e. The Bertz CT molecular complexity index is 525. The zero-order valence-corrected chi connectivity index (χ0v) is 13.9. The topological polar surface area (TPSA) is 62.3 Å². The lowest BCUT2D eigenvalue weighted by Crippen LogP contribution is -2.44. The van der Waals surface area contributed by atoms with Crippen LogP contribution >= 0.6 is 15.9 Å². The fraction of sp³-hybridized carbons (Fsp3) is 0.533. The average Bonchev–Trinajstić information content (AvgIpc) is 2.46. The zero-order chi connectivity index (χ0) is 15.4. The summed E-state index contributed by atoms with van der Waals surface area (Å²) >= 11 is 3.32. The molecule has 6 heteroatoms. The molecule has 21 heavy (non-hydrogen) atoms. The Labute approximate surface area is 133 Å². The molecule has 2 amide bonds. The third-order valence-electron chi connectivity index (χ3n) is 3.54. The van der Waals surface area contributed by atoms with Crippen molar-refractivity contribution in [2.24, 2.45) is 5.92 Å². The van der Waals surface area contributed by atoms with Gasteiger partial charge in [0.1, 0.15) is 0 Å². The number of halogens is 1. The van der Waals surface area contributed by atoms with Crippen LogP contribution in [0, 0.1) is 5.92 Å². The number of nitrogens with one attached hydrogen (secondary N) is 1. The first kappa shape index (κ1) is 15.9. The van der Waals surface area contributed by atoms with Gasteiger partial charge in [0.15, 0.2) is 0 Å². The highest BCUT2D eigenvalue weighted by Gasteiger charge is 2.28. The number of likely N-dealkylation sites (tertiary alicyclic amines) is 1. The van der Waals surface area contributed by atoms with Gasteiger partial charge in [-0.05, 0) is 48.7 Å². The van der Waals surface area contributed by atoms with Gasteiger partial charge in [0.05, 0.1) is 5.56 Å². The zero-order valence-electron chi connectivity index (χ0n) is 12.3. The number of hydrogen-bond donors (Lipinski definition) is 1. The standard InChI is InChI=1S/C15H20BrN3O2/c1-10(2)18-14(20)11-3-5-19(6-4-11)15(21)12-7-13(16)9-17-8-12/h7-11H,3-6H2,1-2H3,(H,18,20). The summed E-state index contributed by atoms with van der Waals surface area (Å²) < 4.78 is 0.791. The molecule has 2 rings (SSSR count). The van der Waals surface area contributed by atoms with E-state index >= 15 is 0 Å². The molecule has 0 spiro atoms. The van der Waals surface area contributed by atoms with Gasteiger partial charge >= 0.3 is 0 Å². The molecular formula is C15H20BrN3O2. The number of hydrogen-bond acceptors (Lipinski definition) is 3. The number of aromatic nitrogens is 1. The number of amides is 2. The summed E-state index contributed by atoms with van der Waals surface area (Å²) in [6.07, 6.45) is 4.65. The minimum atomic E-state index is -0.0217. The van der Waals surface area contributed by atoms with Gasteiger partial charge in [0.25, 0.3) is 5.91 Å². The van der Waals surface area contributed by atoms with Gasteiger partial charge < -0.3 is 10.2 Å². The average molecular weight is 354 g/mol. The molecule has 0 saturated carbocycles. The monoisotopic (exact) mass is 353 g/mol. The van der Waals surface area contributed by atoms with E-state index in [1.54, 1.807) is 23.4 Å². The summed E-state index contributed by atoms with van der Waals surface area (Å²) in [6.45, 7) is 5.14. The van der Waals surface area contributed by atoms with Crippen molar-refractivity contribution >= 4 is 27.7 Å². The summed E-state index contributed by atoms with van der Waals surface area (Å²) in [4.78, 5) is 30.2. The molecular weight excluding hydrogens is 334 g/mol. The van der Waals surface area contributed by atoms with E-state index in [1.807, 2.05) is 13.8 Å². The van der Waals surface area contributed by atoms with Crippen molar-refractivity contribution in [3.8, 4) is 0 Å². The second-order valence-electron chi connectivity index (χ2n) is 5.62. The van der Waals surface area contributed by atoms with Crippen LogP contribution in [-0.4, -0.2) is 40.8 Å². The van der Waals surface area contributed by atoms with Crippen LogP contribution in [0.25, 0.3) is 0 Å². The smallest absolute Gasteiger partial charge is 0.255 e. The molecule has 2 heterocycles. The largest absolute Gasteiger partial charge is 0.354 e. The molecule has 1 aromatic heterocycles. The highest BCUT2D eigenvalue weighted by molar-refractivity contribution is 9.10. The maximum atomic E-state index is 12.4. The molecule has 0 aromatic carbocycles. The van der Waals surface area contributed by atoms with Crippen LogP contribution in [0.2, 0.25) is 0 Å². The molecule has 1 aliphatic heterocycles. The molecule has 1 fully saturated rings. The number of rotatable bonds is 3. The van der Waals surface area contributed by atoms with Gasteiger partial charge in [0.2, 0.25) is 5.91 Å². The van der Waals surface area contributed by atoms with Crippen molar-refractivity contribution in [3.05, 3.63) is 28.5 Å². The Morgan fingerprint density at radius 1 is 1.33 bits per heavy atom. The van der Waals surface area contributed by atoms with Crippen molar-refractivity contribution in [1.29, 1.82) is 0 Å². The summed E-state index contributed by atoms with van der Waals surface area (Å²) in [5.41, 5.74) is 0.578. The van der Waals surface area contributed by atoms with E-state index in [4.69, 9.17) is 0 Å². The Hall–Kier alpha value is -1.43. The van der Waals surface area contributed by atoms with Gasteiger partial charge in [-0.3, -0.25) is 14.6 Å². The molecule has 114 valence electrons. The van der Waals surface area contributed by atoms with Crippen LogP contribution in [0.1, 0.15) is 37.0 Å². The van der Waals surface area contributed by atoms with Crippen LogP contribution in [-0.2, 0) is 4.79 Å². The molecule has 0 radical (unpaired) electrons. The third-order valence-corrected chi connectivity index (χ3v) is 3.97. The number of piperidine rings is 1. The van der Waals surface area contributed by atoms with E-state index in [2.05, 4.69) is 26.2 Å². The van der Waals surface area contributed by atoms with E-state index in [9.17, 15) is 9.59 Å². The third kappa shape index (κ3) is 4.27. The molecule has 0 bridgehead atoms. The van der Waals surface area contributed by atoms with Crippen molar-refractivity contribution in [2.45, 2.75) is 32.7 Å². The lowest BCUT2D eigenvalue weighted by atomic mass is 9.95. The highest BCUT2D eigenvalue weighted by atomic mass is 79.9. The lowest BCUT2D eigenvalue weighted by molar-refractivity contribution is -0.126. The minimum absolute atomic E-state index is 0.0112. The molecule has 0 unspecified atom stereocenters. The summed E-state index contributed by atoms with van der Waals surface area (Å²) in [7, 11) is 0. The number of nitrogens with zero attached hydrogens (tertiary/aromatic N) is 2. The SMILES string of the molecule is CC(C)NC(=O)C1CCN(C(=O)c2cncc(Br)c2)CC1. The van der Waals surface area contributed by atoms with Gasteiger partial charge in [-0.2, -0.15) is 0 Å². The van der Waals surface area contributed by atoms with Crippen LogP contribution in [0.4, 0.5) is 0 Å². The van der Waals surface area contributed by atoms with Gasteiger partial charge in [0, 0.05) is 41.9 Å². The van der Waals surface area contributed by atoms with Crippen molar-refractivity contribution in [2.75, 3.05) is 13.1 Å². The van der Waals surface area contributed by atoms with E-state index in [0.717, 1.165) is 4.47 Å². The minimum Gasteiger partial charge on any atom is -0.354 e. The normalized spacial score (nSPS) is 16.1. The van der Waals surface area contributed by atoms with Gasteiger partial charge in [-0.15, -0.1) is 0 Å². The maximum absolute atomic E-state index is 12.4. The number of carbonyl (C=O) groups is 2. The van der Waals surface area contributed by atoms with Crippen LogP contribution in [0.5, 0.6) is 0 Å². The summed E-state index contributed by atoms with van der Waals surface area (Å²) in [6, 6.07) is 1.93. The number of carbonyl (C=O) groups excluding carboxylic acids is 2. The van der Waals surface area contributed by atoms with Crippen molar-refractivity contribution < 1.29 is 9.59 Å². The predicted molar refractivity (Wildman–Crippen MR) is 83.8 cm³/mol. The fourth-order valence-corrected chi connectivity index (χ4v) is 2.82. The summed E-state index contributed by atoms with van der Waals surface area (Å²) in [5.74, 6) is 0.0878. The van der Waals surface area contributed by atoms with E-state index in [-0.39, 0.29) is 23.8 Å². The first-order chi connectivity index (χ1) is 9.97. The Balaban J connectivity index is 1.92. The molecule has 0 atom stereocenters. The lowest BCUT2D eigenvalue weighted by Gasteiger charge is -2.31. The van der Waals surface area contributed by atoms with Gasteiger partial charge in [-0.1, -0.05) is 0 Å². The van der Waals surface area contributed by atoms with Crippen molar-refractivity contribution in [1.82, 2.24) is 15.2 Å². The first-order valence-corrected chi connectivity index (χ1v) is 7.97. The highest BCUT2D eigenvalue weighted by Crippen LogP contribution is 2.20. The molecule has 1 aromatic rings. The quantitative estimate of drug-likeness (QED) is 0.906. The summed E-state index contributed by atoms with van der Waals surface area (Å²) in [5, 5.41) is 2.94. The van der Waals surface area contributed by atoms with Crippen molar-refractivity contribution in [3.63, 3.8) is 0 Å². The predicted octanol–water partition coefficient (Wildman–Crippen LogP) is 2.22. The second kappa shape index (κ2) is 7.02. The Morgan fingerprint density at radius 2 is 2.00 bits per heavy atom. The molecule has 5 nitrogen and oxygen atoms in total. The fourth-order valence-electron chi connectivity index (χ4n) is 2.46. The van der Waals surface area contributed by atoms with Crippen LogP contribution in [0.15, 0.2) is 22.9 Å². The van der Waals surface area contributed by atoms with E-state index in [0.29, 0.717) is 31.5 Å². The Kier molecular flexibility index (Phi) is 5.33. The van der Waals surface area contributed by atoms with Gasteiger partial charge in [-0.25, -0.2) is 0 Å². The van der Waals surface area contributed by atoms with Crippen LogP contribution < -0.4 is 5.32 Å². The Morgan fingerprint density at radius 3 is 2.57 bits per heavy atom. The van der Waals surface area contributed by atoms with E-state index in [1.165, 1.54) is 0 Å². The molecule has 1 aliphatic rings. The molecule has 0 aliphatic carbocycles. The van der Waals surface area contributed by atoms with Crippen LogP contribution in [0.3, 0.4) is 0 Å². The first-order valence-electron chi connectivity index (χ1n) is 7.17.